The number of anilines is 1. The Hall–Kier alpha value is -1.97. The van der Waals surface area contributed by atoms with Crippen LogP contribution in [0.25, 0.3) is 11.3 Å². The zero-order valence-electron chi connectivity index (χ0n) is 9.95. The van der Waals surface area contributed by atoms with E-state index >= 15 is 0 Å². The number of nitrogen functional groups attached to an aromatic ring is 1. The number of H-pyrrole nitrogens is 1. The zero-order valence-corrected chi connectivity index (χ0v) is 9.95. The molecule has 88 valence electrons. The second-order valence-corrected chi connectivity index (χ2v) is 5.04. The van der Waals surface area contributed by atoms with Crippen LogP contribution in [0, 0.1) is 0 Å². The van der Waals surface area contributed by atoms with Gasteiger partial charge in [-0.05, 0) is 25.5 Å². The highest BCUT2D eigenvalue weighted by atomic mass is 16.5. The minimum Gasteiger partial charge on any atom is -0.487 e. The molecule has 3 N–H and O–H groups in total. The Kier molecular flexibility index (Phi) is 1.96. The van der Waals surface area contributed by atoms with Gasteiger partial charge in [-0.25, -0.2) is 0 Å². The van der Waals surface area contributed by atoms with E-state index in [-0.39, 0.29) is 5.60 Å². The first-order chi connectivity index (χ1) is 8.05. The second kappa shape index (κ2) is 3.26. The van der Waals surface area contributed by atoms with Crippen molar-refractivity contribution in [3.05, 3.63) is 29.8 Å². The van der Waals surface area contributed by atoms with Crippen LogP contribution in [0.5, 0.6) is 5.75 Å². The molecule has 0 spiro atoms. The number of nitrogens with two attached hydrogens (primary N) is 1. The van der Waals surface area contributed by atoms with Crippen molar-refractivity contribution in [1.29, 1.82) is 0 Å². The third kappa shape index (κ3) is 1.65. The van der Waals surface area contributed by atoms with Crippen LogP contribution in [-0.2, 0) is 6.42 Å². The molecular formula is C13H15N3O. The molecule has 1 aliphatic rings. The molecule has 0 radical (unpaired) electrons. The van der Waals surface area contributed by atoms with E-state index in [1.54, 1.807) is 0 Å². The van der Waals surface area contributed by atoms with Crippen molar-refractivity contribution in [2.45, 2.75) is 25.9 Å². The molecule has 1 aliphatic heterocycles. The molecule has 0 atom stereocenters. The summed E-state index contributed by atoms with van der Waals surface area (Å²) in [6, 6.07) is 7.99. The van der Waals surface area contributed by atoms with Gasteiger partial charge in [0.1, 0.15) is 17.2 Å². The molecule has 0 aliphatic carbocycles. The van der Waals surface area contributed by atoms with E-state index in [9.17, 15) is 0 Å². The van der Waals surface area contributed by atoms with Gasteiger partial charge in [0.05, 0.1) is 5.69 Å². The highest BCUT2D eigenvalue weighted by Crippen LogP contribution is 2.41. The third-order valence-electron chi connectivity index (χ3n) is 2.98. The van der Waals surface area contributed by atoms with Gasteiger partial charge in [0.2, 0.25) is 0 Å². The number of rotatable bonds is 1. The van der Waals surface area contributed by atoms with Gasteiger partial charge in [0, 0.05) is 18.1 Å². The lowest BCUT2D eigenvalue weighted by molar-refractivity contribution is 0.139. The summed E-state index contributed by atoms with van der Waals surface area (Å²) in [6.07, 6.45) is 0.930. The molecule has 4 heteroatoms. The van der Waals surface area contributed by atoms with Crippen LogP contribution < -0.4 is 10.5 Å². The highest BCUT2D eigenvalue weighted by Gasteiger charge is 2.32. The summed E-state index contributed by atoms with van der Waals surface area (Å²) in [5, 5.41) is 6.88. The van der Waals surface area contributed by atoms with Gasteiger partial charge in [0.25, 0.3) is 0 Å². The van der Waals surface area contributed by atoms with Crippen LogP contribution in [0.3, 0.4) is 0 Å². The Balaban J connectivity index is 2.12. The summed E-state index contributed by atoms with van der Waals surface area (Å²) in [6.45, 7) is 4.19. The fourth-order valence-corrected chi connectivity index (χ4v) is 2.30. The fraction of sp³-hybridized carbons (Fsp3) is 0.308. The Labute approximate surface area is 99.8 Å². The number of benzene rings is 1. The van der Waals surface area contributed by atoms with Crippen molar-refractivity contribution >= 4 is 5.82 Å². The Bertz CT molecular complexity index is 572. The topological polar surface area (TPSA) is 63.9 Å². The van der Waals surface area contributed by atoms with E-state index in [1.807, 2.05) is 18.2 Å². The number of aromatic amines is 1. The van der Waals surface area contributed by atoms with Gasteiger partial charge < -0.3 is 10.5 Å². The Morgan fingerprint density at radius 3 is 2.94 bits per heavy atom. The normalized spacial score (nSPS) is 16.6. The van der Waals surface area contributed by atoms with Gasteiger partial charge in [0.15, 0.2) is 0 Å². The van der Waals surface area contributed by atoms with Crippen molar-refractivity contribution in [2.24, 2.45) is 0 Å². The molecule has 0 saturated carbocycles. The number of nitrogens with one attached hydrogen (secondary N) is 1. The molecule has 0 fully saturated rings. The largest absolute Gasteiger partial charge is 0.487 e. The van der Waals surface area contributed by atoms with E-state index in [4.69, 9.17) is 10.5 Å². The van der Waals surface area contributed by atoms with E-state index in [2.05, 4.69) is 30.1 Å². The smallest absolute Gasteiger partial charge is 0.145 e. The summed E-state index contributed by atoms with van der Waals surface area (Å²) in [5.41, 5.74) is 8.66. The van der Waals surface area contributed by atoms with Gasteiger partial charge in [-0.2, -0.15) is 5.10 Å². The van der Waals surface area contributed by atoms with Gasteiger partial charge in [-0.1, -0.05) is 12.1 Å². The Morgan fingerprint density at radius 2 is 2.24 bits per heavy atom. The molecule has 0 amide bonds. The van der Waals surface area contributed by atoms with Crippen molar-refractivity contribution in [2.75, 3.05) is 5.73 Å². The standard InChI is InChI=1S/C13H15N3O/c1-13(2)7-8-4-3-5-9(12(8)17-13)10-6-11(14)16-15-10/h3-6H,7H2,1-2H3,(H3,14,15,16). The summed E-state index contributed by atoms with van der Waals surface area (Å²) in [5.74, 6) is 1.44. The first kappa shape index (κ1) is 10.2. The summed E-state index contributed by atoms with van der Waals surface area (Å²) in [7, 11) is 0. The average molecular weight is 229 g/mol. The van der Waals surface area contributed by atoms with E-state index < -0.39 is 0 Å². The predicted molar refractivity (Wildman–Crippen MR) is 66.8 cm³/mol. The number of hydrogen-bond acceptors (Lipinski definition) is 3. The van der Waals surface area contributed by atoms with Gasteiger partial charge in [-0.15, -0.1) is 0 Å². The molecule has 2 heterocycles. The predicted octanol–water partition coefficient (Wildman–Crippen LogP) is 2.37. The molecule has 17 heavy (non-hydrogen) atoms. The first-order valence-corrected chi connectivity index (χ1v) is 5.67. The van der Waals surface area contributed by atoms with Crippen LogP contribution in [0.15, 0.2) is 24.3 Å². The van der Waals surface area contributed by atoms with Crippen molar-refractivity contribution in [3.8, 4) is 17.0 Å². The van der Waals surface area contributed by atoms with Crippen LogP contribution in [-0.4, -0.2) is 15.8 Å². The summed E-state index contributed by atoms with van der Waals surface area (Å²) < 4.78 is 6.00. The van der Waals surface area contributed by atoms with Crippen molar-refractivity contribution in [3.63, 3.8) is 0 Å². The number of hydrogen-bond donors (Lipinski definition) is 2. The van der Waals surface area contributed by atoms with Gasteiger partial charge in [-0.3, -0.25) is 5.10 Å². The second-order valence-electron chi connectivity index (χ2n) is 5.04. The maximum Gasteiger partial charge on any atom is 0.145 e. The average Bonchev–Trinajstić information content (AvgIpc) is 2.78. The first-order valence-electron chi connectivity index (χ1n) is 5.67. The number of aromatic nitrogens is 2. The SMILES string of the molecule is CC1(C)Cc2cccc(-c3cc(N)n[nH]3)c2O1. The monoisotopic (exact) mass is 229 g/mol. The van der Waals surface area contributed by atoms with Gasteiger partial charge >= 0.3 is 0 Å². The van der Waals surface area contributed by atoms with Crippen LogP contribution in [0.4, 0.5) is 5.82 Å². The lowest BCUT2D eigenvalue weighted by atomic mass is 10.00. The number of ether oxygens (including phenoxy) is 1. The van der Waals surface area contributed by atoms with E-state index in [0.717, 1.165) is 23.4 Å². The van der Waals surface area contributed by atoms with Crippen molar-refractivity contribution < 1.29 is 4.74 Å². The molecule has 1 aromatic heterocycles. The highest BCUT2D eigenvalue weighted by molar-refractivity contribution is 5.71. The zero-order chi connectivity index (χ0) is 12.0. The third-order valence-corrected chi connectivity index (χ3v) is 2.98. The minimum absolute atomic E-state index is 0.135. The quantitative estimate of drug-likeness (QED) is 0.789. The molecule has 0 bridgehead atoms. The summed E-state index contributed by atoms with van der Waals surface area (Å²) >= 11 is 0. The lowest BCUT2D eigenvalue weighted by Gasteiger charge is -2.17. The number of para-hydroxylation sites is 1. The fourth-order valence-electron chi connectivity index (χ4n) is 2.30. The van der Waals surface area contributed by atoms with Crippen LogP contribution in [0.2, 0.25) is 0 Å². The molecule has 3 rings (SSSR count). The van der Waals surface area contributed by atoms with Crippen LogP contribution >= 0.6 is 0 Å². The van der Waals surface area contributed by atoms with E-state index in [1.165, 1.54) is 5.56 Å². The molecule has 2 aromatic rings. The maximum atomic E-state index is 6.00. The maximum absolute atomic E-state index is 6.00. The number of nitrogens with zero attached hydrogens (tertiary/aromatic N) is 1. The lowest BCUT2D eigenvalue weighted by Crippen LogP contribution is -2.24. The number of fused-ring (bicyclic) bond motifs is 1. The molecule has 4 nitrogen and oxygen atoms in total. The van der Waals surface area contributed by atoms with Crippen LogP contribution in [0.1, 0.15) is 19.4 Å². The summed E-state index contributed by atoms with van der Waals surface area (Å²) in [4.78, 5) is 0. The van der Waals surface area contributed by atoms with Crippen molar-refractivity contribution in [1.82, 2.24) is 10.2 Å². The molecule has 0 unspecified atom stereocenters. The van der Waals surface area contributed by atoms with E-state index in [0.29, 0.717) is 5.82 Å². The minimum atomic E-state index is -0.135. The molecular weight excluding hydrogens is 214 g/mol. The Morgan fingerprint density at radius 1 is 1.41 bits per heavy atom. The molecule has 0 saturated heterocycles. The molecule has 1 aromatic carbocycles.